The molecule has 0 spiro atoms. The molecule has 0 fully saturated rings. The molecule has 0 heterocycles. The van der Waals surface area contributed by atoms with Crippen LogP contribution in [0.2, 0.25) is 0 Å². The summed E-state index contributed by atoms with van der Waals surface area (Å²) in [6.07, 6.45) is 2.68. The van der Waals surface area contributed by atoms with Crippen molar-refractivity contribution in [3.63, 3.8) is 0 Å². The van der Waals surface area contributed by atoms with Crippen LogP contribution in [-0.4, -0.2) is 53.9 Å². The van der Waals surface area contributed by atoms with Crippen LogP contribution in [0.25, 0.3) is 0 Å². The van der Waals surface area contributed by atoms with Gasteiger partial charge in [-0.2, -0.15) is 11.8 Å². The van der Waals surface area contributed by atoms with Crippen LogP contribution in [0.4, 0.5) is 4.79 Å². The maximum Gasteiger partial charge on any atom is 0.408 e. The fourth-order valence-electron chi connectivity index (χ4n) is 2.05. The molecule has 6 nitrogen and oxygen atoms in total. The summed E-state index contributed by atoms with van der Waals surface area (Å²) < 4.78 is 10.1. The molecule has 0 aromatic heterocycles. The lowest BCUT2D eigenvalue weighted by Gasteiger charge is -2.27. The average molecular weight is 393 g/mol. The first-order chi connectivity index (χ1) is 11.5. The maximum absolute atomic E-state index is 12.1. The van der Waals surface area contributed by atoms with Crippen LogP contribution in [0.15, 0.2) is 0 Å². The van der Waals surface area contributed by atoms with Gasteiger partial charge in [-0.15, -0.1) is 0 Å². The van der Waals surface area contributed by atoms with Crippen molar-refractivity contribution in [2.24, 2.45) is 5.92 Å². The monoisotopic (exact) mass is 392 g/mol. The van der Waals surface area contributed by atoms with Crippen LogP contribution in [-0.2, 0) is 14.3 Å². The number of hydrogen-bond donors (Lipinski definition) is 2. The van der Waals surface area contributed by atoms with Crippen LogP contribution < -0.4 is 10.6 Å². The number of rotatable bonds is 9. The Bertz CT molecular complexity index is 450. The lowest BCUT2D eigenvalue weighted by molar-refractivity contribution is -0.142. The van der Waals surface area contributed by atoms with E-state index in [4.69, 9.17) is 21.7 Å². The first-order valence-corrected chi connectivity index (χ1v) is 10.2. The number of carbonyl (C=O) groups is 2. The van der Waals surface area contributed by atoms with Gasteiger partial charge in [-0.05, 0) is 51.5 Å². The third-order valence-electron chi connectivity index (χ3n) is 3.13. The van der Waals surface area contributed by atoms with Gasteiger partial charge < -0.3 is 20.1 Å². The first kappa shape index (κ1) is 24.0. The average Bonchev–Trinajstić information content (AvgIpc) is 2.47. The molecular formula is C17H32N2O4S2. The Kier molecular flexibility index (Phi) is 11.1. The molecule has 8 heteroatoms. The highest BCUT2D eigenvalue weighted by atomic mass is 32.2. The van der Waals surface area contributed by atoms with E-state index in [9.17, 15) is 9.59 Å². The summed E-state index contributed by atoms with van der Waals surface area (Å²) in [4.78, 5) is 24.4. The normalized spacial score (nSPS) is 13.8. The number of nitrogens with one attached hydrogen (secondary N) is 2. The van der Waals surface area contributed by atoms with Gasteiger partial charge in [-0.25, -0.2) is 9.59 Å². The SMILES string of the molecule is COC(=O)[C@H](CCSC)NC(=S)[C@H](CC(C)C)NC(=O)OC(C)(C)C. The number of alkyl carbamates (subject to hydrolysis) is 1. The lowest BCUT2D eigenvalue weighted by atomic mass is 10.0. The molecular weight excluding hydrogens is 360 g/mol. The van der Waals surface area contributed by atoms with Gasteiger partial charge in [0.15, 0.2) is 0 Å². The highest BCUT2D eigenvalue weighted by molar-refractivity contribution is 7.98. The Morgan fingerprint density at radius 1 is 1.16 bits per heavy atom. The molecule has 0 radical (unpaired) electrons. The van der Waals surface area contributed by atoms with Gasteiger partial charge >= 0.3 is 12.1 Å². The molecule has 2 N–H and O–H groups in total. The molecule has 0 aliphatic rings. The number of amides is 1. The molecule has 2 atom stereocenters. The quantitative estimate of drug-likeness (QED) is 0.461. The minimum atomic E-state index is -0.589. The van der Waals surface area contributed by atoms with Crippen molar-refractivity contribution in [1.82, 2.24) is 10.6 Å². The third kappa shape index (κ3) is 11.3. The van der Waals surface area contributed by atoms with Gasteiger partial charge in [0.25, 0.3) is 0 Å². The predicted molar refractivity (Wildman–Crippen MR) is 107 cm³/mol. The Balaban J connectivity index is 5.01. The van der Waals surface area contributed by atoms with Crippen molar-refractivity contribution in [3.05, 3.63) is 0 Å². The number of carbonyl (C=O) groups excluding carboxylic acids is 2. The van der Waals surface area contributed by atoms with E-state index in [1.54, 1.807) is 32.5 Å². The third-order valence-corrected chi connectivity index (χ3v) is 4.17. The number of esters is 1. The molecule has 0 saturated carbocycles. The highest BCUT2D eigenvalue weighted by Gasteiger charge is 2.26. The van der Waals surface area contributed by atoms with Crippen molar-refractivity contribution in [1.29, 1.82) is 0 Å². The predicted octanol–water partition coefficient (Wildman–Crippen LogP) is 3.14. The van der Waals surface area contributed by atoms with Gasteiger partial charge in [-0.3, -0.25) is 0 Å². The number of hydrogen-bond acceptors (Lipinski definition) is 6. The van der Waals surface area contributed by atoms with Gasteiger partial charge in [0.1, 0.15) is 11.6 Å². The Hall–Kier alpha value is -1.02. The summed E-state index contributed by atoms with van der Waals surface area (Å²) in [5.41, 5.74) is -0.589. The fourth-order valence-corrected chi connectivity index (χ4v) is 2.82. The van der Waals surface area contributed by atoms with Gasteiger partial charge in [0, 0.05) is 0 Å². The first-order valence-electron chi connectivity index (χ1n) is 8.36. The Morgan fingerprint density at radius 3 is 2.20 bits per heavy atom. The summed E-state index contributed by atoms with van der Waals surface area (Å²) in [6, 6.07) is -0.939. The summed E-state index contributed by atoms with van der Waals surface area (Å²) in [6.45, 7) is 9.48. The molecule has 0 unspecified atom stereocenters. The molecule has 0 rings (SSSR count). The van der Waals surface area contributed by atoms with Crippen LogP contribution in [0.1, 0.15) is 47.5 Å². The van der Waals surface area contributed by atoms with E-state index in [2.05, 4.69) is 10.6 Å². The van der Waals surface area contributed by atoms with E-state index < -0.39 is 23.8 Å². The molecule has 0 aliphatic carbocycles. The summed E-state index contributed by atoms with van der Waals surface area (Å²) in [5, 5.41) is 5.85. The second-order valence-corrected chi connectivity index (χ2v) is 8.62. The molecule has 0 saturated heterocycles. The zero-order valence-electron chi connectivity index (χ0n) is 16.3. The van der Waals surface area contributed by atoms with E-state index in [0.29, 0.717) is 23.7 Å². The van der Waals surface area contributed by atoms with Crippen molar-refractivity contribution in [2.75, 3.05) is 19.1 Å². The van der Waals surface area contributed by atoms with Crippen LogP contribution in [0, 0.1) is 5.92 Å². The van der Waals surface area contributed by atoms with Crippen LogP contribution in [0.5, 0.6) is 0 Å². The molecule has 25 heavy (non-hydrogen) atoms. The summed E-state index contributed by atoms with van der Waals surface area (Å²) in [5.74, 6) is 0.739. The van der Waals surface area contributed by atoms with Crippen molar-refractivity contribution >= 4 is 41.0 Å². The van der Waals surface area contributed by atoms with Gasteiger partial charge in [0.2, 0.25) is 0 Å². The van der Waals surface area contributed by atoms with Crippen molar-refractivity contribution in [2.45, 2.75) is 65.1 Å². The maximum atomic E-state index is 12.1. The van der Waals surface area contributed by atoms with Gasteiger partial charge in [-0.1, -0.05) is 26.1 Å². The van der Waals surface area contributed by atoms with E-state index in [-0.39, 0.29) is 5.97 Å². The Labute approximate surface area is 161 Å². The number of thiocarbonyl (C=S) groups is 1. The summed E-state index contributed by atoms with van der Waals surface area (Å²) in [7, 11) is 1.35. The highest BCUT2D eigenvalue weighted by Crippen LogP contribution is 2.11. The van der Waals surface area contributed by atoms with E-state index >= 15 is 0 Å². The summed E-state index contributed by atoms with van der Waals surface area (Å²) >= 11 is 7.09. The fraction of sp³-hybridized carbons (Fsp3) is 0.824. The molecule has 0 bridgehead atoms. The van der Waals surface area contributed by atoms with E-state index in [1.807, 2.05) is 20.1 Å². The Morgan fingerprint density at radius 2 is 1.76 bits per heavy atom. The van der Waals surface area contributed by atoms with Crippen LogP contribution >= 0.6 is 24.0 Å². The zero-order valence-corrected chi connectivity index (χ0v) is 17.9. The molecule has 1 amide bonds. The van der Waals surface area contributed by atoms with Crippen molar-refractivity contribution < 1.29 is 19.1 Å². The standard InChI is InChI=1S/C17H32N2O4S2/c1-11(2)10-13(19-16(21)23-17(3,4)5)14(24)18-12(8-9-25-7)15(20)22-6/h11-13H,8-10H2,1-7H3,(H,18,24)(H,19,21)/t12-,13-/m0/s1. The van der Waals surface area contributed by atoms with E-state index in [0.717, 1.165) is 5.75 Å². The second kappa shape index (κ2) is 11.6. The second-order valence-electron chi connectivity index (χ2n) is 7.19. The molecule has 0 aromatic carbocycles. The number of ether oxygens (including phenoxy) is 2. The van der Waals surface area contributed by atoms with Gasteiger partial charge in [0.05, 0.1) is 18.1 Å². The lowest BCUT2D eigenvalue weighted by Crippen LogP contribution is -2.52. The number of thioether (sulfide) groups is 1. The van der Waals surface area contributed by atoms with Crippen LogP contribution in [0.3, 0.4) is 0 Å². The minimum Gasteiger partial charge on any atom is -0.467 e. The van der Waals surface area contributed by atoms with E-state index in [1.165, 1.54) is 7.11 Å². The topological polar surface area (TPSA) is 76.7 Å². The molecule has 0 aromatic rings. The molecule has 0 aliphatic heterocycles. The number of methoxy groups -OCH3 is 1. The largest absolute Gasteiger partial charge is 0.467 e. The smallest absolute Gasteiger partial charge is 0.408 e. The minimum absolute atomic E-state index is 0.308. The zero-order chi connectivity index (χ0) is 19.6. The molecule has 146 valence electrons. The van der Waals surface area contributed by atoms with Crippen molar-refractivity contribution in [3.8, 4) is 0 Å².